The molecule has 0 N–H and O–H groups in total. The Morgan fingerprint density at radius 3 is 2.72 bits per heavy atom. The smallest absolute Gasteiger partial charge is 0.233 e. The van der Waals surface area contributed by atoms with E-state index in [4.69, 9.17) is 0 Å². The van der Waals surface area contributed by atoms with E-state index >= 15 is 0 Å². The van der Waals surface area contributed by atoms with Gasteiger partial charge in [0, 0.05) is 23.7 Å². The van der Waals surface area contributed by atoms with Crippen molar-refractivity contribution in [2.75, 3.05) is 17.3 Å². The molecule has 1 aliphatic heterocycles. The number of nitrogens with zero attached hydrogens (tertiary/aromatic N) is 2. The molecule has 0 aliphatic carbocycles. The molecule has 1 aromatic heterocycles. The maximum absolute atomic E-state index is 12.8. The van der Waals surface area contributed by atoms with Gasteiger partial charge in [-0.15, -0.1) is 11.3 Å². The van der Waals surface area contributed by atoms with Gasteiger partial charge in [0.15, 0.2) is 14.2 Å². The summed E-state index contributed by atoms with van der Waals surface area (Å²) in [7, 11) is -3.04. The Balaban J connectivity index is 1.71. The third-order valence-electron chi connectivity index (χ3n) is 4.08. The number of hydrogen-bond acceptors (Lipinski definition) is 6. The molecule has 1 amide bonds. The van der Waals surface area contributed by atoms with Crippen LogP contribution in [0.5, 0.6) is 0 Å². The summed E-state index contributed by atoms with van der Waals surface area (Å²) in [4.78, 5) is 18.9. The van der Waals surface area contributed by atoms with Crippen LogP contribution in [0.4, 0.5) is 0 Å². The molecule has 1 aromatic carbocycles. The lowest BCUT2D eigenvalue weighted by atomic mass is 10.1. The number of hydrogen-bond donors (Lipinski definition) is 0. The first-order valence-electron chi connectivity index (χ1n) is 8.02. The summed E-state index contributed by atoms with van der Waals surface area (Å²) >= 11 is 2.94. The summed E-state index contributed by atoms with van der Waals surface area (Å²) in [6, 6.07) is 9.46. The fourth-order valence-electron chi connectivity index (χ4n) is 2.83. The minimum atomic E-state index is -3.04. The van der Waals surface area contributed by atoms with E-state index in [1.165, 1.54) is 23.1 Å². The molecule has 1 aliphatic rings. The van der Waals surface area contributed by atoms with Crippen molar-refractivity contribution in [2.45, 2.75) is 30.3 Å². The van der Waals surface area contributed by atoms with Gasteiger partial charge in [-0.3, -0.25) is 4.79 Å². The first-order chi connectivity index (χ1) is 11.9. The number of carbonyl (C=O) groups is 1. The number of sulfone groups is 1. The molecule has 1 atom stereocenters. The normalized spacial score (nSPS) is 19.0. The Morgan fingerprint density at radius 1 is 1.36 bits per heavy atom. The Labute approximate surface area is 156 Å². The molecule has 2 aromatic rings. The highest BCUT2D eigenvalue weighted by molar-refractivity contribution is 8.01. The highest BCUT2D eigenvalue weighted by atomic mass is 32.2. The van der Waals surface area contributed by atoms with Crippen LogP contribution in [0.3, 0.4) is 0 Å². The Bertz CT molecular complexity index is 834. The fourth-order valence-corrected chi connectivity index (χ4v) is 6.29. The SMILES string of the molecule is Cc1csc(SCC(=O)N(Cc2ccccc2)[C@@H]2CCS(=O)(=O)C2)n1. The van der Waals surface area contributed by atoms with E-state index in [2.05, 4.69) is 4.98 Å². The van der Waals surface area contributed by atoms with Gasteiger partial charge in [0.05, 0.1) is 17.3 Å². The molecular formula is C17H20N2O3S3. The lowest BCUT2D eigenvalue weighted by molar-refractivity contribution is -0.130. The lowest BCUT2D eigenvalue weighted by Gasteiger charge is -2.28. The largest absolute Gasteiger partial charge is 0.334 e. The molecule has 134 valence electrons. The number of carbonyl (C=O) groups excluding carboxylic acids is 1. The molecule has 1 saturated heterocycles. The topological polar surface area (TPSA) is 67.3 Å². The van der Waals surface area contributed by atoms with E-state index in [9.17, 15) is 13.2 Å². The van der Waals surface area contributed by atoms with Crippen LogP contribution >= 0.6 is 23.1 Å². The number of amides is 1. The maximum atomic E-state index is 12.8. The van der Waals surface area contributed by atoms with Gasteiger partial charge < -0.3 is 4.90 Å². The quantitative estimate of drug-likeness (QED) is 0.703. The average Bonchev–Trinajstić information content (AvgIpc) is 3.16. The minimum Gasteiger partial charge on any atom is -0.334 e. The lowest BCUT2D eigenvalue weighted by Crippen LogP contribution is -2.41. The monoisotopic (exact) mass is 396 g/mol. The third kappa shape index (κ3) is 5.05. The number of thioether (sulfide) groups is 1. The van der Waals surface area contributed by atoms with Gasteiger partial charge in [-0.1, -0.05) is 42.1 Å². The molecule has 8 heteroatoms. The molecule has 5 nitrogen and oxygen atoms in total. The number of aryl methyl sites for hydroxylation is 1. The molecule has 3 rings (SSSR count). The third-order valence-corrected chi connectivity index (χ3v) is 7.96. The second kappa shape index (κ2) is 7.88. The van der Waals surface area contributed by atoms with Crippen molar-refractivity contribution in [3.63, 3.8) is 0 Å². The standard InChI is InChI=1S/C17H20N2O3S3/c1-13-10-23-17(18-13)24-11-16(20)19(9-14-5-3-2-4-6-14)15-7-8-25(21,22)12-15/h2-6,10,15H,7-9,11-12H2,1H3/t15-/m1/s1. The van der Waals surface area contributed by atoms with Crippen LogP contribution in [-0.4, -0.2) is 47.5 Å². The molecule has 2 heterocycles. The zero-order valence-electron chi connectivity index (χ0n) is 13.9. The van der Waals surface area contributed by atoms with E-state index < -0.39 is 9.84 Å². The summed E-state index contributed by atoms with van der Waals surface area (Å²) < 4.78 is 24.6. The summed E-state index contributed by atoms with van der Waals surface area (Å²) in [6.07, 6.45) is 0.516. The predicted octanol–water partition coefficient (Wildman–Crippen LogP) is 2.76. The van der Waals surface area contributed by atoms with Gasteiger partial charge in [-0.25, -0.2) is 13.4 Å². The van der Waals surface area contributed by atoms with Crippen LogP contribution in [-0.2, 0) is 21.2 Å². The molecule has 0 unspecified atom stereocenters. The fraction of sp³-hybridized carbons (Fsp3) is 0.412. The number of aromatic nitrogens is 1. The van der Waals surface area contributed by atoms with Crippen molar-refractivity contribution in [3.05, 3.63) is 47.0 Å². The highest BCUT2D eigenvalue weighted by Gasteiger charge is 2.34. The number of thiazole rings is 1. The van der Waals surface area contributed by atoms with Gasteiger partial charge in [0.1, 0.15) is 0 Å². The van der Waals surface area contributed by atoms with Gasteiger partial charge in [0.2, 0.25) is 5.91 Å². The maximum Gasteiger partial charge on any atom is 0.233 e. The van der Waals surface area contributed by atoms with Crippen molar-refractivity contribution < 1.29 is 13.2 Å². The van der Waals surface area contributed by atoms with Crippen LogP contribution in [0.25, 0.3) is 0 Å². The zero-order chi connectivity index (χ0) is 17.9. The molecule has 0 saturated carbocycles. The summed E-state index contributed by atoms with van der Waals surface area (Å²) in [6.45, 7) is 2.37. The van der Waals surface area contributed by atoms with Crippen LogP contribution in [0.2, 0.25) is 0 Å². The number of benzene rings is 1. The van der Waals surface area contributed by atoms with E-state index in [-0.39, 0.29) is 29.2 Å². The van der Waals surface area contributed by atoms with Crippen LogP contribution in [0, 0.1) is 6.92 Å². The van der Waals surface area contributed by atoms with Crippen molar-refractivity contribution >= 4 is 38.8 Å². The second-order valence-electron chi connectivity index (χ2n) is 6.11. The summed E-state index contributed by atoms with van der Waals surface area (Å²) in [5.41, 5.74) is 1.96. The Morgan fingerprint density at radius 2 is 2.12 bits per heavy atom. The van der Waals surface area contributed by atoms with E-state index in [0.717, 1.165) is 15.6 Å². The van der Waals surface area contributed by atoms with Crippen molar-refractivity contribution in [1.82, 2.24) is 9.88 Å². The summed E-state index contributed by atoms with van der Waals surface area (Å²) in [5, 5.41) is 1.96. The van der Waals surface area contributed by atoms with Gasteiger partial charge in [-0.2, -0.15) is 0 Å². The Hall–Kier alpha value is -1.38. The van der Waals surface area contributed by atoms with E-state index in [1.807, 2.05) is 42.6 Å². The molecule has 0 radical (unpaired) electrons. The van der Waals surface area contributed by atoms with Crippen molar-refractivity contribution in [3.8, 4) is 0 Å². The first-order valence-corrected chi connectivity index (χ1v) is 11.7. The Kier molecular flexibility index (Phi) is 5.81. The zero-order valence-corrected chi connectivity index (χ0v) is 16.4. The molecule has 1 fully saturated rings. The number of rotatable bonds is 6. The summed E-state index contributed by atoms with van der Waals surface area (Å²) in [5.74, 6) is 0.460. The van der Waals surface area contributed by atoms with Crippen molar-refractivity contribution in [2.24, 2.45) is 0 Å². The first kappa shape index (κ1) is 18.4. The van der Waals surface area contributed by atoms with Gasteiger partial charge in [0.25, 0.3) is 0 Å². The second-order valence-corrected chi connectivity index (χ2v) is 10.4. The molecule has 0 bridgehead atoms. The molecule has 25 heavy (non-hydrogen) atoms. The molecular weight excluding hydrogens is 376 g/mol. The van der Waals surface area contributed by atoms with E-state index in [0.29, 0.717) is 13.0 Å². The minimum absolute atomic E-state index is 0.0381. The van der Waals surface area contributed by atoms with Crippen LogP contribution in [0.1, 0.15) is 17.7 Å². The van der Waals surface area contributed by atoms with Crippen molar-refractivity contribution in [1.29, 1.82) is 0 Å². The predicted molar refractivity (Wildman–Crippen MR) is 102 cm³/mol. The average molecular weight is 397 g/mol. The van der Waals surface area contributed by atoms with Gasteiger partial charge >= 0.3 is 0 Å². The van der Waals surface area contributed by atoms with Gasteiger partial charge in [-0.05, 0) is 18.9 Å². The highest BCUT2D eigenvalue weighted by Crippen LogP contribution is 2.25. The van der Waals surface area contributed by atoms with Crippen LogP contribution < -0.4 is 0 Å². The molecule has 0 spiro atoms. The van der Waals surface area contributed by atoms with Crippen LogP contribution in [0.15, 0.2) is 40.1 Å². The van der Waals surface area contributed by atoms with E-state index in [1.54, 1.807) is 4.90 Å².